The normalized spacial score (nSPS) is 16.5. The number of carbonyl (C=O) groups excluding carboxylic acids is 1. The van der Waals surface area contributed by atoms with Crippen LogP contribution in [-0.4, -0.2) is 75.6 Å². The van der Waals surface area contributed by atoms with Crippen LogP contribution in [0.4, 0.5) is 0 Å². The first-order valence-electron chi connectivity index (χ1n) is 8.85. The molecule has 1 aromatic carbocycles. The summed E-state index contributed by atoms with van der Waals surface area (Å²) in [4.78, 5) is 17.1. The maximum Gasteiger partial charge on any atom is 0.235 e. The molecule has 2 aromatic rings. The molecule has 8 heteroatoms. The van der Waals surface area contributed by atoms with Crippen molar-refractivity contribution < 1.29 is 9.53 Å². The van der Waals surface area contributed by atoms with Gasteiger partial charge in [-0.25, -0.2) is 0 Å². The molecule has 0 saturated carbocycles. The summed E-state index contributed by atoms with van der Waals surface area (Å²) in [6.07, 6.45) is 1.65. The first-order chi connectivity index (χ1) is 12.6. The lowest BCUT2D eigenvalue weighted by Gasteiger charge is -2.35. The molecule has 0 bridgehead atoms. The fourth-order valence-electron chi connectivity index (χ4n) is 3.05. The van der Waals surface area contributed by atoms with E-state index in [9.17, 15) is 4.79 Å². The number of hydrogen-bond donors (Lipinski definition) is 0. The highest BCUT2D eigenvalue weighted by molar-refractivity contribution is 8.00. The summed E-state index contributed by atoms with van der Waals surface area (Å²) in [5.41, 5.74) is 0.860. The minimum Gasteiger partial charge on any atom is -0.495 e. The number of amides is 1. The number of nitrogens with zero attached hydrogens (tertiary/aromatic N) is 5. The number of benzene rings is 1. The van der Waals surface area contributed by atoms with Crippen molar-refractivity contribution in [3.05, 3.63) is 30.6 Å². The summed E-state index contributed by atoms with van der Waals surface area (Å²) in [6.45, 7) is 8.58. The Kier molecular flexibility index (Phi) is 6.16. The van der Waals surface area contributed by atoms with Gasteiger partial charge in [-0.05, 0) is 25.6 Å². The molecule has 0 spiro atoms. The van der Waals surface area contributed by atoms with E-state index in [1.807, 2.05) is 40.7 Å². The molecule has 0 N–H and O–H groups in total. The van der Waals surface area contributed by atoms with Crippen LogP contribution < -0.4 is 4.74 Å². The minimum absolute atomic E-state index is 0.153. The third kappa shape index (κ3) is 4.02. The number of thioether (sulfide) groups is 1. The van der Waals surface area contributed by atoms with Crippen molar-refractivity contribution in [1.29, 1.82) is 0 Å². The molecule has 1 amide bonds. The van der Waals surface area contributed by atoms with E-state index in [4.69, 9.17) is 4.74 Å². The minimum atomic E-state index is -0.221. The first-order valence-corrected chi connectivity index (χ1v) is 9.73. The van der Waals surface area contributed by atoms with Gasteiger partial charge in [0.15, 0.2) is 5.16 Å². The Hall–Kier alpha value is -2.06. The standard InChI is InChI=1S/C18H25N5O2S/c1-4-21-9-11-22(12-10-21)17(24)14(2)26-18-20-19-13-23(18)15-7-5-6-8-16(15)25-3/h5-8,13-14H,4,9-12H2,1-3H3/t14-/m1/s1. The van der Waals surface area contributed by atoms with Gasteiger partial charge < -0.3 is 14.5 Å². The van der Waals surface area contributed by atoms with Crippen molar-refractivity contribution in [3.8, 4) is 11.4 Å². The highest BCUT2D eigenvalue weighted by Crippen LogP contribution is 2.29. The largest absolute Gasteiger partial charge is 0.495 e. The summed E-state index contributed by atoms with van der Waals surface area (Å²) in [5, 5.41) is 8.69. The fraction of sp³-hybridized carbons (Fsp3) is 0.500. The quantitative estimate of drug-likeness (QED) is 0.719. The lowest BCUT2D eigenvalue weighted by atomic mass is 10.3. The second-order valence-electron chi connectivity index (χ2n) is 6.17. The highest BCUT2D eigenvalue weighted by Gasteiger charge is 2.26. The van der Waals surface area contributed by atoms with E-state index >= 15 is 0 Å². The third-order valence-corrected chi connectivity index (χ3v) is 5.67. The maximum absolute atomic E-state index is 12.8. The summed E-state index contributed by atoms with van der Waals surface area (Å²) < 4.78 is 7.29. The number of para-hydroxylation sites is 2. The van der Waals surface area contributed by atoms with Crippen LogP contribution in [0, 0.1) is 0 Å². The average molecular weight is 375 g/mol. The van der Waals surface area contributed by atoms with Crippen LogP contribution in [0.1, 0.15) is 13.8 Å². The lowest BCUT2D eigenvalue weighted by Crippen LogP contribution is -2.50. The molecule has 1 aromatic heterocycles. The smallest absolute Gasteiger partial charge is 0.235 e. The summed E-state index contributed by atoms with van der Waals surface area (Å²) in [6, 6.07) is 7.70. The first kappa shape index (κ1) is 18.7. The van der Waals surface area contributed by atoms with Crippen LogP contribution in [0.2, 0.25) is 0 Å². The lowest BCUT2D eigenvalue weighted by molar-refractivity contribution is -0.132. The van der Waals surface area contributed by atoms with Crippen LogP contribution in [-0.2, 0) is 4.79 Å². The molecule has 7 nitrogen and oxygen atoms in total. The Labute approximate surface area is 158 Å². The van der Waals surface area contributed by atoms with Crippen molar-refractivity contribution in [2.24, 2.45) is 0 Å². The van der Waals surface area contributed by atoms with Crippen LogP contribution in [0.5, 0.6) is 5.75 Å². The number of likely N-dealkylation sites (N-methyl/N-ethyl adjacent to an activating group) is 1. The fourth-order valence-corrected chi connectivity index (χ4v) is 3.97. The van der Waals surface area contributed by atoms with Gasteiger partial charge in [-0.1, -0.05) is 30.8 Å². The predicted octanol–water partition coefficient (Wildman–Crippen LogP) is 1.92. The predicted molar refractivity (Wildman–Crippen MR) is 102 cm³/mol. The number of piperazine rings is 1. The van der Waals surface area contributed by atoms with Gasteiger partial charge in [-0.3, -0.25) is 9.36 Å². The summed E-state index contributed by atoms with van der Waals surface area (Å²) in [7, 11) is 1.64. The Balaban J connectivity index is 1.70. The van der Waals surface area contributed by atoms with E-state index in [-0.39, 0.29) is 11.2 Å². The van der Waals surface area contributed by atoms with Crippen LogP contribution in [0.25, 0.3) is 5.69 Å². The number of rotatable bonds is 6. The zero-order valence-corrected chi connectivity index (χ0v) is 16.3. The van der Waals surface area contributed by atoms with E-state index in [0.29, 0.717) is 5.16 Å². The van der Waals surface area contributed by atoms with Crippen LogP contribution in [0.15, 0.2) is 35.7 Å². The molecule has 0 unspecified atom stereocenters. The van der Waals surface area contributed by atoms with Gasteiger partial charge in [0.05, 0.1) is 18.0 Å². The third-order valence-electron chi connectivity index (χ3n) is 4.62. The van der Waals surface area contributed by atoms with Gasteiger partial charge >= 0.3 is 0 Å². The van der Waals surface area contributed by atoms with Crippen molar-refractivity contribution in [1.82, 2.24) is 24.6 Å². The van der Waals surface area contributed by atoms with Gasteiger partial charge in [0.25, 0.3) is 0 Å². The molecule has 1 fully saturated rings. The van der Waals surface area contributed by atoms with E-state index < -0.39 is 0 Å². The highest BCUT2D eigenvalue weighted by atomic mass is 32.2. The molecule has 1 saturated heterocycles. The number of aromatic nitrogens is 3. The Bertz CT molecular complexity index is 743. The number of carbonyl (C=O) groups is 1. The van der Waals surface area contributed by atoms with Gasteiger partial charge in [0.2, 0.25) is 5.91 Å². The van der Waals surface area contributed by atoms with E-state index in [2.05, 4.69) is 22.0 Å². The van der Waals surface area contributed by atoms with Crippen molar-refractivity contribution in [2.45, 2.75) is 24.3 Å². The summed E-state index contributed by atoms with van der Waals surface area (Å²) >= 11 is 1.43. The van der Waals surface area contributed by atoms with E-state index in [0.717, 1.165) is 44.2 Å². The van der Waals surface area contributed by atoms with Gasteiger partial charge in [0, 0.05) is 26.2 Å². The molecular weight excluding hydrogens is 350 g/mol. The van der Waals surface area contributed by atoms with Crippen LogP contribution in [0.3, 0.4) is 0 Å². The molecule has 0 radical (unpaired) electrons. The summed E-state index contributed by atoms with van der Waals surface area (Å²) in [5.74, 6) is 0.893. The molecule has 1 atom stereocenters. The zero-order valence-electron chi connectivity index (χ0n) is 15.5. The number of ether oxygens (including phenoxy) is 1. The molecule has 26 heavy (non-hydrogen) atoms. The molecular formula is C18H25N5O2S. The number of hydrogen-bond acceptors (Lipinski definition) is 6. The second-order valence-corrected chi connectivity index (χ2v) is 7.48. The van der Waals surface area contributed by atoms with Gasteiger partial charge in [-0.15, -0.1) is 10.2 Å². The molecule has 140 valence electrons. The molecule has 3 rings (SSSR count). The monoisotopic (exact) mass is 375 g/mol. The second kappa shape index (κ2) is 8.55. The van der Waals surface area contributed by atoms with E-state index in [1.54, 1.807) is 13.4 Å². The topological polar surface area (TPSA) is 63.5 Å². The molecule has 0 aliphatic carbocycles. The van der Waals surface area contributed by atoms with Gasteiger partial charge in [0.1, 0.15) is 12.1 Å². The number of methoxy groups -OCH3 is 1. The average Bonchev–Trinajstić information content (AvgIpc) is 3.15. The van der Waals surface area contributed by atoms with Crippen molar-refractivity contribution in [2.75, 3.05) is 39.8 Å². The Morgan fingerprint density at radius 1 is 1.27 bits per heavy atom. The molecule has 2 heterocycles. The zero-order chi connectivity index (χ0) is 18.5. The SMILES string of the molecule is CCN1CCN(C(=O)[C@@H](C)Sc2nncn2-c2ccccc2OC)CC1. The Morgan fingerprint density at radius 2 is 2.00 bits per heavy atom. The molecule has 1 aliphatic rings. The van der Waals surface area contributed by atoms with Crippen LogP contribution >= 0.6 is 11.8 Å². The molecule has 1 aliphatic heterocycles. The van der Waals surface area contributed by atoms with Gasteiger partial charge in [-0.2, -0.15) is 0 Å². The Morgan fingerprint density at radius 3 is 2.69 bits per heavy atom. The van der Waals surface area contributed by atoms with E-state index in [1.165, 1.54) is 11.8 Å². The van der Waals surface area contributed by atoms with Crippen molar-refractivity contribution in [3.63, 3.8) is 0 Å². The maximum atomic E-state index is 12.8. The van der Waals surface area contributed by atoms with Crippen molar-refractivity contribution >= 4 is 17.7 Å².